The van der Waals surface area contributed by atoms with Crippen molar-refractivity contribution in [3.8, 4) is 0 Å². The molecule has 1 aromatic carbocycles. The van der Waals surface area contributed by atoms with Crippen LogP contribution in [0.15, 0.2) is 39.8 Å². The molecule has 0 fully saturated rings. The maximum Gasteiger partial charge on any atom is 0.410 e. The number of hydrogen-bond donors (Lipinski definition) is 2. The zero-order valence-electron chi connectivity index (χ0n) is 17.9. The molecule has 0 saturated heterocycles. The molecule has 0 spiro atoms. The Morgan fingerprint density at radius 1 is 1.27 bits per heavy atom. The van der Waals surface area contributed by atoms with E-state index >= 15 is 0 Å². The Morgan fingerprint density at radius 2 is 2.00 bits per heavy atom. The van der Waals surface area contributed by atoms with Crippen LogP contribution in [0.3, 0.4) is 0 Å². The molecule has 2 amide bonds. The number of para-hydroxylation sites is 1. The highest BCUT2D eigenvalue weighted by molar-refractivity contribution is 8.23. The van der Waals surface area contributed by atoms with E-state index in [4.69, 9.17) is 9.72 Å². The first-order chi connectivity index (χ1) is 14.1. The molecule has 0 radical (unpaired) electrons. The van der Waals surface area contributed by atoms with Gasteiger partial charge in [-0.15, -0.1) is 11.3 Å². The van der Waals surface area contributed by atoms with Crippen LogP contribution >= 0.6 is 22.2 Å². The Labute approximate surface area is 183 Å². The van der Waals surface area contributed by atoms with Gasteiger partial charge in [-0.25, -0.2) is 9.78 Å². The van der Waals surface area contributed by atoms with E-state index in [1.54, 1.807) is 16.2 Å². The van der Waals surface area contributed by atoms with Gasteiger partial charge in [0.05, 0.1) is 21.8 Å². The molecule has 2 aliphatic rings. The summed E-state index contributed by atoms with van der Waals surface area (Å²) in [5.41, 5.74) is 2.72. The normalized spacial score (nSPS) is 20.6. The van der Waals surface area contributed by atoms with Crippen LogP contribution in [0.2, 0.25) is 0 Å². The number of carbonyl (C=O) groups is 2. The number of thiol groups is 1. The molecular formula is C22H27N3O3S2. The first kappa shape index (κ1) is 20.9. The van der Waals surface area contributed by atoms with E-state index < -0.39 is 16.5 Å². The van der Waals surface area contributed by atoms with Gasteiger partial charge in [-0.3, -0.25) is 4.79 Å². The van der Waals surface area contributed by atoms with Crippen LogP contribution in [0, 0.1) is 0 Å². The van der Waals surface area contributed by atoms with Gasteiger partial charge < -0.3 is 15.0 Å². The number of hydrogen-bond acceptors (Lipinski definition) is 5. The molecule has 6 nitrogen and oxygen atoms in total. The van der Waals surface area contributed by atoms with Gasteiger partial charge in [0.15, 0.2) is 0 Å². The highest BCUT2D eigenvalue weighted by atomic mass is 32.2. The van der Waals surface area contributed by atoms with Crippen molar-refractivity contribution >= 4 is 50.0 Å². The summed E-state index contributed by atoms with van der Waals surface area (Å²) in [6, 6.07) is 8.08. The van der Waals surface area contributed by atoms with E-state index in [1.165, 1.54) is 17.4 Å². The Hall–Kier alpha value is -2.32. The van der Waals surface area contributed by atoms with E-state index in [-0.39, 0.29) is 12.0 Å². The van der Waals surface area contributed by atoms with Gasteiger partial charge in [0, 0.05) is 19.0 Å². The lowest BCUT2D eigenvalue weighted by Gasteiger charge is -2.32. The largest absolute Gasteiger partial charge is 0.444 e. The number of nitrogens with one attached hydrogen (secondary N) is 1. The predicted octanol–water partition coefficient (Wildman–Crippen LogP) is 4.64. The van der Waals surface area contributed by atoms with Gasteiger partial charge in [-0.1, -0.05) is 12.1 Å². The molecule has 160 valence electrons. The lowest BCUT2D eigenvalue weighted by molar-refractivity contribution is -0.118. The summed E-state index contributed by atoms with van der Waals surface area (Å²) in [6.07, 6.45) is 2.59. The molecule has 8 heteroatoms. The molecule has 1 aromatic heterocycles. The monoisotopic (exact) mass is 445 g/mol. The van der Waals surface area contributed by atoms with Gasteiger partial charge in [0.2, 0.25) is 5.91 Å². The number of allylic oxidation sites excluding steroid dienone is 1. The van der Waals surface area contributed by atoms with Gasteiger partial charge in [0.25, 0.3) is 0 Å². The van der Waals surface area contributed by atoms with E-state index in [1.807, 2.05) is 39.0 Å². The second kappa shape index (κ2) is 7.74. The topological polar surface area (TPSA) is 71.5 Å². The predicted molar refractivity (Wildman–Crippen MR) is 125 cm³/mol. The summed E-state index contributed by atoms with van der Waals surface area (Å²) < 4.78 is 6.71. The number of rotatable bonds is 2. The Balaban J connectivity index is 1.71. The molecule has 2 aromatic rings. The minimum Gasteiger partial charge on any atom is -0.444 e. The van der Waals surface area contributed by atoms with Crippen LogP contribution in [0.4, 0.5) is 4.79 Å². The summed E-state index contributed by atoms with van der Waals surface area (Å²) in [5.74, 6) is -0.0817. The van der Waals surface area contributed by atoms with E-state index in [0.717, 1.165) is 32.2 Å². The maximum absolute atomic E-state index is 12.6. The van der Waals surface area contributed by atoms with Gasteiger partial charge in [0.1, 0.15) is 10.6 Å². The molecule has 1 N–H and O–H groups in total. The molecule has 3 heterocycles. The first-order valence-corrected chi connectivity index (χ1v) is 12.6. The number of thiazole rings is 1. The number of benzene rings is 1. The summed E-state index contributed by atoms with van der Waals surface area (Å²) in [4.78, 5) is 32.5. The fourth-order valence-corrected chi connectivity index (χ4v) is 7.08. The molecule has 0 aliphatic carbocycles. The number of amides is 2. The van der Waals surface area contributed by atoms with Gasteiger partial charge in [-0.05, 0) is 56.1 Å². The van der Waals surface area contributed by atoms with Crippen molar-refractivity contribution in [3.63, 3.8) is 0 Å². The standard InChI is InChI=1S/C22H27N3O3S2/c1-13(26)23-20-18(19-24-15-8-6-7-9-16(15)29-19)14-10-11-25(12-17(14)30(20)5)21(27)28-22(2,3)4/h6-9,30H,10-12H2,1-5H3,(H,23,26). The van der Waals surface area contributed by atoms with Crippen molar-refractivity contribution in [2.75, 3.05) is 19.3 Å². The van der Waals surface area contributed by atoms with Crippen LogP contribution in [-0.2, 0) is 9.53 Å². The average molecular weight is 446 g/mol. The van der Waals surface area contributed by atoms with Crippen molar-refractivity contribution in [3.05, 3.63) is 44.8 Å². The van der Waals surface area contributed by atoms with Crippen LogP contribution in [0.1, 0.15) is 39.1 Å². The Morgan fingerprint density at radius 3 is 2.67 bits per heavy atom. The lowest BCUT2D eigenvalue weighted by atomic mass is 10.0. The molecule has 1 atom stereocenters. The summed E-state index contributed by atoms with van der Waals surface area (Å²) in [5, 5.41) is 4.97. The smallest absolute Gasteiger partial charge is 0.410 e. The molecule has 4 rings (SSSR count). The molecule has 0 bridgehead atoms. The molecule has 0 saturated carbocycles. The number of fused-ring (bicyclic) bond motifs is 1. The van der Waals surface area contributed by atoms with Crippen molar-refractivity contribution in [2.24, 2.45) is 0 Å². The van der Waals surface area contributed by atoms with Crippen LogP contribution in [0.25, 0.3) is 15.8 Å². The molecule has 1 unspecified atom stereocenters. The first-order valence-electron chi connectivity index (χ1n) is 9.96. The second-order valence-corrected chi connectivity index (χ2v) is 11.7. The van der Waals surface area contributed by atoms with E-state index in [0.29, 0.717) is 13.1 Å². The minimum absolute atomic E-state index is 0.0817. The average Bonchev–Trinajstić information content (AvgIpc) is 3.19. The van der Waals surface area contributed by atoms with E-state index in [2.05, 4.69) is 17.6 Å². The lowest BCUT2D eigenvalue weighted by Crippen LogP contribution is -2.40. The van der Waals surface area contributed by atoms with Gasteiger partial charge in [-0.2, -0.15) is 10.9 Å². The fourth-order valence-electron chi connectivity index (χ4n) is 3.77. The fraction of sp³-hybridized carbons (Fsp3) is 0.409. The van der Waals surface area contributed by atoms with Crippen molar-refractivity contribution in [2.45, 2.75) is 39.7 Å². The second-order valence-electron chi connectivity index (χ2n) is 8.53. The zero-order valence-corrected chi connectivity index (χ0v) is 19.6. The quantitative estimate of drug-likeness (QED) is 0.661. The van der Waals surface area contributed by atoms with Crippen LogP contribution in [0.5, 0.6) is 0 Å². The summed E-state index contributed by atoms with van der Waals surface area (Å²) in [7, 11) is -0.751. The van der Waals surface area contributed by atoms with Gasteiger partial charge >= 0.3 is 6.09 Å². The minimum atomic E-state index is -0.751. The number of carbonyl (C=O) groups excluding carboxylic acids is 2. The van der Waals surface area contributed by atoms with Crippen molar-refractivity contribution in [1.82, 2.24) is 15.2 Å². The third-order valence-electron chi connectivity index (χ3n) is 5.05. The molecule has 2 aliphatic heterocycles. The third-order valence-corrected chi connectivity index (χ3v) is 8.33. The Bertz CT molecular complexity index is 1060. The summed E-state index contributed by atoms with van der Waals surface area (Å²) in [6.45, 7) is 8.30. The van der Waals surface area contributed by atoms with Crippen molar-refractivity contribution in [1.29, 1.82) is 0 Å². The summed E-state index contributed by atoms with van der Waals surface area (Å²) >= 11 is 1.65. The Kier molecular flexibility index (Phi) is 5.40. The highest BCUT2D eigenvalue weighted by Crippen LogP contribution is 2.56. The van der Waals surface area contributed by atoms with Crippen molar-refractivity contribution < 1.29 is 14.3 Å². The number of aromatic nitrogens is 1. The SMILES string of the molecule is CC(=O)NC1=C(c2nc3ccccc3s2)C2=C(CN(C(=O)OC(C)(C)C)CC2)[SH]1C. The molecular weight excluding hydrogens is 418 g/mol. The number of ether oxygens (including phenoxy) is 1. The zero-order chi connectivity index (χ0) is 21.6. The van der Waals surface area contributed by atoms with Crippen LogP contribution < -0.4 is 5.32 Å². The highest BCUT2D eigenvalue weighted by Gasteiger charge is 2.37. The number of nitrogens with zero attached hydrogens (tertiary/aromatic N) is 2. The van der Waals surface area contributed by atoms with Crippen LogP contribution in [-0.4, -0.2) is 46.8 Å². The maximum atomic E-state index is 12.6. The van der Waals surface area contributed by atoms with E-state index in [9.17, 15) is 9.59 Å². The third kappa shape index (κ3) is 3.98. The molecule has 30 heavy (non-hydrogen) atoms.